The van der Waals surface area contributed by atoms with E-state index in [1.165, 1.54) is 23.7 Å². The van der Waals surface area contributed by atoms with Crippen molar-refractivity contribution < 1.29 is 26.3 Å². The molecule has 2 aliphatic rings. The van der Waals surface area contributed by atoms with Crippen LogP contribution in [-0.2, 0) is 21.8 Å². The van der Waals surface area contributed by atoms with Crippen LogP contribution in [0.4, 0.5) is 13.2 Å². The van der Waals surface area contributed by atoms with Crippen molar-refractivity contribution in [3.8, 4) is 5.13 Å². The molecule has 3 aromatic rings. The summed E-state index contributed by atoms with van der Waals surface area (Å²) < 4.78 is 76.9. The topological polar surface area (TPSA) is 120 Å². The van der Waals surface area contributed by atoms with Crippen LogP contribution in [0, 0.1) is 0 Å². The molecule has 0 radical (unpaired) electrons. The number of benzene rings is 1. The Hall–Kier alpha value is -2.59. The Balaban J connectivity index is 1.78. The van der Waals surface area contributed by atoms with Crippen LogP contribution in [0.15, 0.2) is 27.9 Å². The first kappa shape index (κ1) is 26.0. The fourth-order valence-corrected chi connectivity index (χ4v) is 6.87. The van der Waals surface area contributed by atoms with Gasteiger partial charge in [-0.05, 0) is 38.0 Å². The van der Waals surface area contributed by atoms with Gasteiger partial charge in [-0.15, -0.1) is 10.2 Å². The van der Waals surface area contributed by atoms with Gasteiger partial charge in [-0.1, -0.05) is 17.4 Å². The van der Waals surface area contributed by atoms with Crippen LogP contribution in [0.2, 0.25) is 0 Å². The molecule has 0 aliphatic carbocycles. The number of imidazole rings is 1. The molecular formula is C22H25F3N6O4S2. The van der Waals surface area contributed by atoms with Gasteiger partial charge in [0.15, 0.2) is 5.01 Å². The Morgan fingerprint density at radius 2 is 2.03 bits per heavy atom. The van der Waals surface area contributed by atoms with Crippen molar-refractivity contribution >= 4 is 38.0 Å². The lowest BCUT2D eigenvalue weighted by Crippen LogP contribution is -2.63. The van der Waals surface area contributed by atoms with Crippen molar-refractivity contribution in [3.63, 3.8) is 0 Å². The van der Waals surface area contributed by atoms with Crippen LogP contribution in [-0.4, -0.2) is 65.3 Å². The Kier molecular flexibility index (Phi) is 6.55. The maximum Gasteiger partial charge on any atom is 0.335 e. The Bertz CT molecular complexity index is 1550. The Morgan fingerprint density at radius 1 is 1.30 bits per heavy atom. The maximum atomic E-state index is 13.7. The molecule has 5 rings (SSSR count). The molecule has 2 aliphatic heterocycles. The minimum Gasteiger partial charge on any atom is -0.377 e. The summed E-state index contributed by atoms with van der Waals surface area (Å²) in [5.74, 6) is 0. The molecule has 0 unspecified atom stereocenters. The van der Waals surface area contributed by atoms with Gasteiger partial charge >= 0.3 is 5.69 Å². The second-order valence-electron chi connectivity index (χ2n) is 9.50. The fraction of sp³-hybridized carbons (Fsp3) is 0.500. The molecule has 0 amide bonds. The van der Waals surface area contributed by atoms with E-state index in [9.17, 15) is 26.4 Å². The molecule has 200 valence electrons. The van der Waals surface area contributed by atoms with Gasteiger partial charge in [0.25, 0.3) is 6.43 Å². The fourth-order valence-electron chi connectivity index (χ4n) is 4.77. The van der Waals surface area contributed by atoms with E-state index in [1.54, 1.807) is 0 Å². The van der Waals surface area contributed by atoms with Gasteiger partial charge in [0.1, 0.15) is 12.2 Å². The zero-order chi connectivity index (χ0) is 26.7. The van der Waals surface area contributed by atoms with E-state index < -0.39 is 39.4 Å². The van der Waals surface area contributed by atoms with Crippen molar-refractivity contribution in [1.29, 1.82) is 0 Å². The van der Waals surface area contributed by atoms with Crippen molar-refractivity contribution in [2.75, 3.05) is 19.9 Å². The van der Waals surface area contributed by atoms with Gasteiger partial charge in [-0.3, -0.25) is 4.57 Å². The number of alkyl halides is 3. The molecule has 2 N–H and O–H groups in total. The number of hydrogen-bond donors (Lipinski definition) is 2. The quantitative estimate of drug-likeness (QED) is 0.457. The number of rotatable bonds is 7. The normalized spacial score (nSPS) is 21.9. The van der Waals surface area contributed by atoms with Gasteiger partial charge in [0, 0.05) is 24.7 Å². The lowest BCUT2D eigenvalue weighted by Gasteiger charge is -2.39. The first-order valence-corrected chi connectivity index (χ1v) is 13.8. The average Bonchev–Trinajstić information content (AvgIpc) is 3.38. The number of halogens is 3. The molecule has 0 spiro atoms. The summed E-state index contributed by atoms with van der Waals surface area (Å²) in [6.45, 7) is 2.77. The summed E-state index contributed by atoms with van der Waals surface area (Å²) in [7, 11) is -2.75. The number of aromatic nitrogens is 4. The lowest BCUT2D eigenvalue weighted by atomic mass is 9.92. The number of nitrogens with one attached hydrogen (secondary N) is 2. The van der Waals surface area contributed by atoms with Crippen LogP contribution in [0.3, 0.4) is 0 Å². The Labute approximate surface area is 214 Å². The number of aryl methyl sites for hydroxylation is 1. The second kappa shape index (κ2) is 9.31. The molecule has 1 saturated heterocycles. The van der Waals surface area contributed by atoms with Gasteiger partial charge in [-0.2, -0.15) is 4.72 Å². The monoisotopic (exact) mass is 558 g/mol. The van der Waals surface area contributed by atoms with Crippen LogP contribution < -0.4 is 15.7 Å². The third-order valence-electron chi connectivity index (χ3n) is 6.47. The first-order chi connectivity index (χ1) is 17.4. The molecule has 10 nitrogen and oxygen atoms in total. The van der Waals surface area contributed by atoms with E-state index in [2.05, 4.69) is 20.2 Å². The van der Waals surface area contributed by atoms with Crippen molar-refractivity contribution in [2.24, 2.45) is 7.05 Å². The summed E-state index contributed by atoms with van der Waals surface area (Å²) in [6.07, 6.45) is -0.382. The summed E-state index contributed by atoms with van der Waals surface area (Å²) in [5, 5.41) is 9.93. The number of ether oxygens (including phenoxy) is 1. The van der Waals surface area contributed by atoms with E-state index in [1.807, 2.05) is 19.9 Å². The van der Waals surface area contributed by atoms with Crippen molar-refractivity contribution in [1.82, 2.24) is 29.4 Å². The molecule has 2 atom stereocenters. The standard InChI is InChI=1S/C22H25F3N6O4S2/c1-11-4-13(5-12(2)26-11)15-6-14(37(33,34)29-22(8-23)9-35-10-22)7-16-17(15)30(3)21(32)31(16)20-28-27-19(36-20)18(24)25/h4,6-7,11-12,18,26,29H,5,8-10H2,1-3H3/t11-,12-/m0/s1. The van der Waals surface area contributed by atoms with E-state index in [-0.39, 0.29) is 40.8 Å². The molecule has 1 aromatic carbocycles. The number of sulfonamides is 1. The molecule has 0 bridgehead atoms. The minimum absolute atomic E-state index is 0.0232. The highest BCUT2D eigenvalue weighted by molar-refractivity contribution is 7.89. The van der Waals surface area contributed by atoms with Crippen molar-refractivity contribution in [3.05, 3.63) is 39.3 Å². The minimum atomic E-state index is -4.27. The first-order valence-electron chi connectivity index (χ1n) is 11.5. The zero-order valence-electron chi connectivity index (χ0n) is 20.2. The van der Waals surface area contributed by atoms with Gasteiger partial charge < -0.3 is 10.1 Å². The van der Waals surface area contributed by atoms with Crippen molar-refractivity contribution in [2.45, 2.75) is 49.2 Å². The van der Waals surface area contributed by atoms with Crippen LogP contribution in [0.1, 0.15) is 37.3 Å². The highest BCUT2D eigenvalue weighted by atomic mass is 32.2. The van der Waals surface area contributed by atoms with Gasteiger partial charge in [0.2, 0.25) is 15.2 Å². The smallest absolute Gasteiger partial charge is 0.335 e. The molecular weight excluding hydrogens is 533 g/mol. The number of nitrogens with zero attached hydrogens (tertiary/aromatic N) is 4. The SMILES string of the molecule is C[C@H]1C=C(c2cc(S(=O)(=O)NC3(CF)COC3)cc3c2n(C)c(=O)n3-c2nnc(C(F)F)s2)C[C@H](C)N1. The van der Waals surface area contributed by atoms with Crippen LogP contribution in [0.25, 0.3) is 21.7 Å². The summed E-state index contributed by atoms with van der Waals surface area (Å²) in [4.78, 5) is 13.1. The molecule has 2 aromatic heterocycles. The van der Waals surface area contributed by atoms with Crippen LogP contribution in [0.5, 0.6) is 0 Å². The van der Waals surface area contributed by atoms with Gasteiger partial charge in [0.05, 0.1) is 29.1 Å². The number of fused-ring (bicyclic) bond motifs is 1. The third-order valence-corrected chi connectivity index (χ3v) is 8.94. The average molecular weight is 559 g/mol. The highest BCUT2D eigenvalue weighted by Gasteiger charge is 2.43. The van der Waals surface area contributed by atoms with Gasteiger partial charge in [-0.25, -0.2) is 31.0 Å². The largest absolute Gasteiger partial charge is 0.377 e. The van der Waals surface area contributed by atoms with E-state index in [0.717, 1.165) is 10.1 Å². The highest BCUT2D eigenvalue weighted by Crippen LogP contribution is 2.35. The lowest BCUT2D eigenvalue weighted by molar-refractivity contribution is -0.0725. The second-order valence-corrected chi connectivity index (χ2v) is 12.2. The summed E-state index contributed by atoms with van der Waals surface area (Å²) in [5.41, 5.74) is -0.0922. The van der Waals surface area contributed by atoms with E-state index in [0.29, 0.717) is 28.8 Å². The molecule has 15 heteroatoms. The van der Waals surface area contributed by atoms with E-state index >= 15 is 0 Å². The van der Waals surface area contributed by atoms with E-state index in [4.69, 9.17) is 4.74 Å². The number of hydrogen-bond acceptors (Lipinski definition) is 8. The summed E-state index contributed by atoms with van der Waals surface area (Å²) in [6, 6.07) is 2.78. The molecule has 0 saturated carbocycles. The molecule has 1 fully saturated rings. The van der Waals surface area contributed by atoms with Crippen LogP contribution >= 0.6 is 11.3 Å². The molecule has 4 heterocycles. The predicted molar refractivity (Wildman–Crippen MR) is 131 cm³/mol. The zero-order valence-corrected chi connectivity index (χ0v) is 21.8. The maximum absolute atomic E-state index is 13.7. The molecule has 37 heavy (non-hydrogen) atoms. The third kappa shape index (κ3) is 4.52. The summed E-state index contributed by atoms with van der Waals surface area (Å²) >= 11 is 0.540. The predicted octanol–water partition coefficient (Wildman–Crippen LogP) is 2.29. The Morgan fingerprint density at radius 3 is 2.59 bits per heavy atom.